The second-order valence-corrected chi connectivity index (χ2v) is 8.33. The third kappa shape index (κ3) is 4.76. The number of benzene rings is 2. The normalized spacial score (nSPS) is 16.6. The summed E-state index contributed by atoms with van der Waals surface area (Å²) in [5.41, 5.74) is 2.97. The third-order valence-corrected chi connectivity index (χ3v) is 5.97. The number of halogens is 2. The van der Waals surface area contributed by atoms with Gasteiger partial charge in [0.15, 0.2) is 0 Å². The van der Waals surface area contributed by atoms with Crippen LogP contribution in [0.3, 0.4) is 0 Å². The molecule has 0 saturated carbocycles. The van der Waals surface area contributed by atoms with Gasteiger partial charge in [0.05, 0.1) is 22.8 Å². The van der Waals surface area contributed by atoms with Gasteiger partial charge < -0.3 is 15.2 Å². The largest absolute Gasteiger partial charge is 0.340 e. The molecular weight excluding hydrogens is 461 g/mol. The van der Waals surface area contributed by atoms with E-state index >= 15 is 0 Å². The van der Waals surface area contributed by atoms with Gasteiger partial charge in [0, 0.05) is 36.9 Å². The van der Waals surface area contributed by atoms with Gasteiger partial charge in [-0.25, -0.2) is 9.37 Å². The fourth-order valence-electron chi connectivity index (χ4n) is 3.94. The molecule has 2 heterocycles. The van der Waals surface area contributed by atoms with E-state index < -0.39 is 11.7 Å². The number of aromatic amines is 1. The molecule has 0 bridgehead atoms. The number of hydrazone groups is 1. The van der Waals surface area contributed by atoms with Gasteiger partial charge in [-0.15, -0.1) is 0 Å². The van der Waals surface area contributed by atoms with Crippen LogP contribution in [0.2, 0.25) is 5.02 Å². The van der Waals surface area contributed by atoms with Crippen molar-refractivity contribution in [3.63, 3.8) is 0 Å². The van der Waals surface area contributed by atoms with Crippen LogP contribution in [-0.4, -0.2) is 58.9 Å². The molecule has 1 aromatic heterocycles. The highest BCUT2D eigenvalue weighted by Crippen LogP contribution is 2.25. The van der Waals surface area contributed by atoms with Crippen molar-refractivity contribution in [1.82, 2.24) is 14.9 Å². The van der Waals surface area contributed by atoms with Gasteiger partial charge >= 0.3 is 0 Å². The van der Waals surface area contributed by atoms with Crippen LogP contribution in [0.15, 0.2) is 46.3 Å². The maximum absolute atomic E-state index is 14.7. The lowest BCUT2D eigenvalue weighted by Crippen LogP contribution is -2.40. The van der Waals surface area contributed by atoms with Crippen LogP contribution in [0.1, 0.15) is 23.7 Å². The van der Waals surface area contributed by atoms with Crippen molar-refractivity contribution >= 4 is 52.5 Å². The Hall–Kier alpha value is -3.79. The highest BCUT2D eigenvalue weighted by molar-refractivity contribution is 6.31. The van der Waals surface area contributed by atoms with Crippen LogP contribution in [-0.2, 0) is 0 Å². The molecule has 1 fully saturated rings. The SMILES string of the molecule is CC1CCN(c2nc3ccc(Cl)cc3c(=O)[nH]2)CCN1C(=O)c1c(F)cccc1N/N=C\C=N. The third-order valence-electron chi connectivity index (χ3n) is 5.74. The Morgan fingerprint density at radius 3 is 2.94 bits per heavy atom. The summed E-state index contributed by atoms with van der Waals surface area (Å²) < 4.78 is 14.7. The van der Waals surface area contributed by atoms with E-state index in [4.69, 9.17) is 17.0 Å². The van der Waals surface area contributed by atoms with E-state index in [-0.39, 0.29) is 22.9 Å². The number of rotatable bonds is 5. The lowest BCUT2D eigenvalue weighted by atomic mass is 10.1. The smallest absolute Gasteiger partial charge is 0.260 e. The predicted octanol–water partition coefficient (Wildman–Crippen LogP) is 3.50. The minimum Gasteiger partial charge on any atom is -0.340 e. The Morgan fingerprint density at radius 1 is 1.32 bits per heavy atom. The van der Waals surface area contributed by atoms with Gasteiger partial charge in [-0.2, -0.15) is 5.10 Å². The number of hydrogen-bond acceptors (Lipinski definition) is 7. The Balaban J connectivity index is 1.59. The van der Waals surface area contributed by atoms with E-state index in [1.165, 1.54) is 18.3 Å². The topological polar surface area (TPSA) is 118 Å². The standard InChI is InChI=1S/C23H23ClFN7O2/c1-14-7-10-31(23-28-18-6-5-15(24)13-16(18)21(33)29-23)11-12-32(14)22(34)20-17(25)3-2-4-19(20)30-27-9-8-26/h2-6,8-9,13-14,26,30H,7,10-12H2,1H3,(H,28,29,33)/b26-8?,27-9-. The van der Waals surface area contributed by atoms with E-state index in [2.05, 4.69) is 20.5 Å². The average Bonchev–Trinajstić information content (AvgIpc) is 3.01. The lowest BCUT2D eigenvalue weighted by molar-refractivity contribution is 0.0701. The summed E-state index contributed by atoms with van der Waals surface area (Å²) in [4.78, 5) is 36.9. The average molecular weight is 484 g/mol. The van der Waals surface area contributed by atoms with Gasteiger partial charge in [-0.05, 0) is 43.7 Å². The van der Waals surface area contributed by atoms with Crippen molar-refractivity contribution in [2.45, 2.75) is 19.4 Å². The maximum Gasteiger partial charge on any atom is 0.260 e. The zero-order chi connectivity index (χ0) is 24.2. The molecule has 176 valence electrons. The van der Waals surface area contributed by atoms with Crippen molar-refractivity contribution in [2.24, 2.45) is 5.10 Å². The summed E-state index contributed by atoms with van der Waals surface area (Å²) in [6.45, 7) is 3.17. The van der Waals surface area contributed by atoms with Crippen LogP contribution in [0.25, 0.3) is 10.9 Å². The quantitative estimate of drug-likeness (QED) is 0.379. The number of nitrogens with zero attached hydrogens (tertiary/aromatic N) is 4. The number of aromatic nitrogens is 2. The van der Waals surface area contributed by atoms with Gasteiger partial charge in [0.2, 0.25) is 5.95 Å². The minimum absolute atomic E-state index is 0.112. The first-order valence-corrected chi connectivity index (χ1v) is 11.1. The number of fused-ring (bicyclic) bond motifs is 1. The van der Waals surface area contributed by atoms with Crippen molar-refractivity contribution in [1.29, 1.82) is 5.41 Å². The fraction of sp³-hybridized carbons (Fsp3) is 0.261. The predicted molar refractivity (Wildman–Crippen MR) is 132 cm³/mol. The van der Waals surface area contributed by atoms with Crippen LogP contribution in [0, 0.1) is 11.2 Å². The molecule has 11 heteroatoms. The second kappa shape index (κ2) is 10.0. The summed E-state index contributed by atoms with van der Waals surface area (Å²) in [5.74, 6) is -0.710. The van der Waals surface area contributed by atoms with Crippen LogP contribution < -0.4 is 15.9 Å². The number of nitrogens with one attached hydrogen (secondary N) is 3. The lowest BCUT2D eigenvalue weighted by Gasteiger charge is -2.27. The molecule has 1 aliphatic rings. The molecule has 34 heavy (non-hydrogen) atoms. The summed E-state index contributed by atoms with van der Waals surface area (Å²) in [5, 5.41) is 11.7. The van der Waals surface area contributed by atoms with Gasteiger partial charge in [0.25, 0.3) is 11.5 Å². The van der Waals surface area contributed by atoms with Gasteiger partial charge in [0.1, 0.15) is 11.4 Å². The molecule has 0 aliphatic carbocycles. The minimum atomic E-state index is -0.660. The first-order valence-electron chi connectivity index (χ1n) is 10.7. The molecule has 1 aliphatic heterocycles. The summed E-state index contributed by atoms with van der Waals surface area (Å²) in [6.07, 6.45) is 2.76. The van der Waals surface area contributed by atoms with Crippen molar-refractivity contribution in [3.05, 3.63) is 63.2 Å². The molecule has 9 nitrogen and oxygen atoms in total. The van der Waals surface area contributed by atoms with E-state index in [0.717, 1.165) is 6.21 Å². The van der Waals surface area contributed by atoms with E-state index in [0.29, 0.717) is 47.9 Å². The monoisotopic (exact) mass is 483 g/mol. The van der Waals surface area contributed by atoms with Gasteiger partial charge in [-0.3, -0.25) is 20.0 Å². The number of carbonyl (C=O) groups is 1. The Bertz CT molecular complexity index is 1330. The first kappa shape index (κ1) is 23.4. The highest BCUT2D eigenvalue weighted by atomic mass is 35.5. The van der Waals surface area contributed by atoms with Crippen LogP contribution in [0.4, 0.5) is 16.0 Å². The van der Waals surface area contributed by atoms with Crippen molar-refractivity contribution in [3.8, 4) is 0 Å². The molecule has 3 aromatic rings. The number of hydrogen-bond donors (Lipinski definition) is 3. The number of amides is 1. The molecule has 1 amide bonds. The number of anilines is 2. The second-order valence-electron chi connectivity index (χ2n) is 7.89. The molecule has 0 spiro atoms. The molecule has 4 rings (SSSR count). The zero-order valence-corrected chi connectivity index (χ0v) is 19.1. The first-order chi connectivity index (χ1) is 16.4. The number of H-pyrrole nitrogens is 1. The summed E-state index contributed by atoms with van der Waals surface area (Å²) in [7, 11) is 0. The van der Waals surface area contributed by atoms with Crippen molar-refractivity contribution in [2.75, 3.05) is 30.0 Å². The van der Waals surface area contributed by atoms with Crippen LogP contribution >= 0.6 is 11.6 Å². The number of carbonyl (C=O) groups excluding carboxylic acids is 1. The molecule has 0 radical (unpaired) electrons. The highest BCUT2D eigenvalue weighted by Gasteiger charge is 2.29. The molecule has 1 atom stereocenters. The summed E-state index contributed by atoms with van der Waals surface area (Å²) in [6, 6.07) is 9.03. The fourth-order valence-corrected chi connectivity index (χ4v) is 4.12. The Labute approximate surface area is 199 Å². The molecule has 2 aromatic carbocycles. The molecule has 3 N–H and O–H groups in total. The molecule has 1 saturated heterocycles. The van der Waals surface area contributed by atoms with E-state index in [1.54, 1.807) is 29.2 Å². The van der Waals surface area contributed by atoms with Crippen LogP contribution in [0.5, 0.6) is 0 Å². The van der Waals surface area contributed by atoms with E-state index in [1.807, 2.05) is 11.8 Å². The van der Waals surface area contributed by atoms with Gasteiger partial charge in [-0.1, -0.05) is 17.7 Å². The Kier molecular flexibility index (Phi) is 6.87. The molecule has 1 unspecified atom stereocenters. The maximum atomic E-state index is 14.7. The zero-order valence-electron chi connectivity index (χ0n) is 18.4. The Morgan fingerprint density at radius 2 is 2.15 bits per heavy atom. The van der Waals surface area contributed by atoms with E-state index in [9.17, 15) is 14.0 Å². The molecular formula is C23H23ClFN7O2. The summed E-state index contributed by atoms with van der Waals surface area (Å²) >= 11 is 5.99. The van der Waals surface area contributed by atoms with Crippen molar-refractivity contribution < 1.29 is 9.18 Å².